The van der Waals surface area contributed by atoms with Gasteiger partial charge in [-0.2, -0.15) is 0 Å². The van der Waals surface area contributed by atoms with Crippen LogP contribution < -0.4 is 5.32 Å². The zero-order valence-corrected chi connectivity index (χ0v) is 10.5. The molecular weight excluding hydrogens is 210 g/mol. The Morgan fingerprint density at radius 1 is 1.47 bits per heavy atom. The summed E-state index contributed by atoms with van der Waals surface area (Å²) in [4.78, 5) is 11.4. The maximum Gasteiger partial charge on any atom is 0.235 e. The van der Waals surface area contributed by atoms with Crippen LogP contribution in [0.4, 0.5) is 0 Å². The minimum atomic E-state index is -0.0220. The summed E-state index contributed by atoms with van der Waals surface area (Å²) in [5, 5.41) is 3.09. The van der Waals surface area contributed by atoms with E-state index in [4.69, 9.17) is 11.6 Å². The van der Waals surface area contributed by atoms with Gasteiger partial charge in [-0.15, -0.1) is 11.6 Å². The van der Waals surface area contributed by atoms with E-state index < -0.39 is 0 Å². The standard InChI is InChI=1S/C12H20ClNO/c1-11(2)8-4-5-12(11,3)9(6-8)14-10(15)7-13/h8-9H,4-7H2,1-3H3,(H,14,15)/t8-,9?,12-/m0/s1. The first-order chi connectivity index (χ1) is 6.91. The smallest absolute Gasteiger partial charge is 0.235 e. The summed E-state index contributed by atoms with van der Waals surface area (Å²) in [7, 11) is 0. The van der Waals surface area contributed by atoms with Crippen molar-refractivity contribution in [2.75, 3.05) is 5.88 Å². The van der Waals surface area contributed by atoms with Crippen LogP contribution in [0.25, 0.3) is 0 Å². The van der Waals surface area contributed by atoms with E-state index in [2.05, 4.69) is 26.1 Å². The molecule has 1 N–H and O–H groups in total. The van der Waals surface area contributed by atoms with E-state index in [0.29, 0.717) is 11.5 Å². The topological polar surface area (TPSA) is 29.1 Å². The van der Waals surface area contributed by atoms with Gasteiger partial charge in [-0.1, -0.05) is 20.8 Å². The third kappa shape index (κ3) is 1.41. The van der Waals surface area contributed by atoms with Crippen molar-refractivity contribution in [1.29, 1.82) is 0 Å². The maximum atomic E-state index is 11.4. The zero-order valence-electron chi connectivity index (χ0n) is 9.77. The summed E-state index contributed by atoms with van der Waals surface area (Å²) in [6.45, 7) is 7.01. The minimum absolute atomic E-state index is 0.0220. The monoisotopic (exact) mass is 229 g/mol. The van der Waals surface area contributed by atoms with Gasteiger partial charge in [0, 0.05) is 6.04 Å². The van der Waals surface area contributed by atoms with E-state index in [1.807, 2.05) is 0 Å². The van der Waals surface area contributed by atoms with Crippen molar-refractivity contribution in [2.24, 2.45) is 16.7 Å². The van der Waals surface area contributed by atoms with Crippen LogP contribution >= 0.6 is 11.6 Å². The molecule has 1 unspecified atom stereocenters. The zero-order chi connectivity index (χ0) is 11.3. The van der Waals surface area contributed by atoms with Crippen LogP contribution in [0.2, 0.25) is 0 Å². The molecular formula is C12H20ClNO. The molecule has 2 rings (SSSR count). The molecule has 2 aliphatic rings. The second-order valence-corrected chi connectivity index (χ2v) is 6.13. The second-order valence-electron chi connectivity index (χ2n) is 5.86. The Morgan fingerprint density at radius 3 is 2.53 bits per heavy atom. The highest BCUT2D eigenvalue weighted by atomic mass is 35.5. The van der Waals surface area contributed by atoms with E-state index in [1.165, 1.54) is 12.8 Å². The summed E-state index contributed by atoms with van der Waals surface area (Å²) >= 11 is 5.54. The average Bonchev–Trinajstić information content (AvgIpc) is 2.50. The molecule has 2 fully saturated rings. The highest BCUT2D eigenvalue weighted by molar-refractivity contribution is 6.27. The van der Waals surface area contributed by atoms with Crippen molar-refractivity contribution in [1.82, 2.24) is 5.32 Å². The lowest BCUT2D eigenvalue weighted by atomic mass is 9.69. The van der Waals surface area contributed by atoms with Gasteiger partial charge in [0.1, 0.15) is 5.88 Å². The average molecular weight is 230 g/mol. The summed E-state index contributed by atoms with van der Waals surface area (Å²) in [5.41, 5.74) is 0.622. The van der Waals surface area contributed by atoms with Crippen molar-refractivity contribution in [3.05, 3.63) is 0 Å². The Balaban J connectivity index is 2.15. The lowest BCUT2D eigenvalue weighted by molar-refractivity contribution is -0.120. The quantitative estimate of drug-likeness (QED) is 0.725. The van der Waals surface area contributed by atoms with Gasteiger partial charge < -0.3 is 5.32 Å². The third-order valence-electron chi connectivity index (χ3n) is 5.25. The molecule has 0 aromatic carbocycles. The number of carbonyl (C=O) groups is 1. The van der Waals surface area contributed by atoms with Crippen LogP contribution in [0, 0.1) is 16.7 Å². The van der Waals surface area contributed by atoms with Crippen LogP contribution in [0.15, 0.2) is 0 Å². The van der Waals surface area contributed by atoms with E-state index in [9.17, 15) is 4.79 Å². The molecule has 2 nitrogen and oxygen atoms in total. The first kappa shape index (κ1) is 11.3. The molecule has 0 aromatic heterocycles. The Morgan fingerprint density at radius 2 is 2.13 bits per heavy atom. The summed E-state index contributed by atoms with van der Waals surface area (Å²) in [6, 6.07) is 0.331. The predicted molar refractivity (Wildman–Crippen MR) is 61.9 cm³/mol. The van der Waals surface area contributed by atoms with Gasteiger partial charge >= 0.3 is 0 Å². The van der Waals surface area contributed by atoms with Crippen molar-refractivity contribution >= 4 is 17.5 Å². The van der Waals surface area contributed by atoms with E-state index >= 15 is 0 Å². The number of alkyl halides is 1. The summed E-state index contributed by atoms with van der Waals surface area (Å²) < 4.78 is 0. The number of carbonyl (C=O) groups excluding carboxylic acids is 1. The molecule has 3 heteroatoms. The number of amides is 1. The highest BCUT2D eigenvalue weighted by Crippen LogP contribution is 2.65. The number of hydrogen-bond acceptors (Lipinski definition) is 1. The second kappa shape index (κ2) is 3.38. The number of nitrogens with one attached hydrogen (secondary N) is 1. The highest BCUT2D eigenvalue weighted by Gasteiger charge is 2.61. The number of halogens is 1. The molecule has 2 bridgehead atoms. The molecule has 3 atom stereocenters. The Bertz CT molecular complexity index is 289. The van der Waals surface area contributed by atoms with Gasteiger partial charge in [0.25, 0.3) is 0 Å². The first-order valence-corrected chi connectivity index (χ1v) is 6.30. The molecule has 2 saturated carbocycles. The molecule has 0 saturated heterocycles. The van der Waals surface area contributed by atoms with Crippen LogP contribution in [-0.2, 0) is 4.79 Å². The largest absolute Gasteiger partial charge is 0.352 e. The lowest BCUT2D eigenvalue weighted by Gasteiger charge is -2.39. The summed E-state index contributed by atoms with van der Waals surface area (Å²) in [6.07, 6.45) is 3.68. The Kier molecular flexibility index (Phi) is 2.53. The summed E-state index contributed by atoms with van der Waals surface area (Å²) in [5.74, 6) is 0.826. The van der Waals surface area contributed by atoms with Crippen molar-refractivity contribution in [2.45, 2.75) is 46.1 Å². The van der Waals surface area contributed by atoms with Gasteiger partial charge in [-0.05, 0) is 36.0 Å². The molecule has 2 aliphatic carbocycles. The van der Waals surface area contributed by atoms with E-state index in [0.717, 1.165) is 12.3 Å². The van der Waals surface area contributed by atoms with Gasteiger partial charge in [-0.3, -0.25) is 4.79 Å². The molecule has 86 valence electrons. The molecule has 0 aliphatic heterocycles. The third-order valence-corrected chi connectivity index (χ3v) is 5.49. The van der Waals surface area contributed by atoms with Crippen LogP contribution in [-0.4, -0.2) is 17.8 Å². The van der Waals surface area contributed by atoms with Gasteiger partial charge in [-0.25, -0.2) is 0 Å². The fourth-order valence-electron chi connectivity index (χ4n) is 3.65. The fraction of sp³-hybridized carbons (Fsp3) is 0.917. The van der Waals surface area contributed by atoms with Crippen molar-refractivity contribution in [3.63, 3.8) is 0 Å². The van der Waals surface area contributed by atoms with Crippen molar-refractivity contribution in [3.8, 4) is 0 Å². The number of rotatable bonds is 2. The van der Waals surface area contributed by atoms with E-state index in [-0.39, 0.29) is 17.2 Å². The van der Waals surface area contributed by atoms with E-state index in [1.54, 1.807) is 0 Å². The molecule has 1 amide bonds. The normalized spacial score (nSPS) is 41.9. The lowest BCUT2D eigenvalue weighted by Crippen LogP contribution is -2.47. The fourth-order valence-corrected chi connectivity index (χ4v) is 3.73. The maximum absolute atomic E-state index is 11.4. The molecule has 0 heterocycles. The van der Waals surface area contributed by atoms with Crippen LogP contribution in [0.3, 0.4) is 0 Å². The van der Waals surface area contributed by atoms with Gasteiger partial charge in [0.2, 0.25) is 5.91 Å². The Hall–Kier alpha value is -0.240. The number of fused-ring (bicyclic) bond motifs is 2. The molecule has 0 radical (unpaired) electrons. The van der Waals surface area contributed by atoms with Crippen LogP contribution in [0.1, 0.15) is 40.0 Å². The first-order valence-electron chi connectivity index (χ1n) is 5.77. The molecule has 15 heavy (non-hydrogen) atoms. The van der Waals surface area contributed by atoms with Gasteiger partial charge in [0.15, 0.2) is 0 Å². The number of hydrogen-bond donors (Lipinski definition) is 1. The SMILES string of the molecule is CC1(C)[C@H]2CC[C@@]1(C)C(NC(=O)CCl)C2. The van der Waals surface area contributed by atoms with Crippen LogP contribution in [0.5, 0.6) is 0 Å². The Labute approximate surface area is 96.8 Å². The predicted octanol–water partition coefficient (Wildman–Crippen LogP) is 2.56. The van der Waals surface area contributed by atoms with Gasteiger partial charge in [0.05, 0.1) is 0 Å². The van der Waals surface area contributed by atoms with Crippen molar-refractivity contribution < 1.29 is 4.79 Å². The molecule has 0 aromatic rings. The molecule has 0 spiro atoms. The minimum Gasteiger partial charge on any atom is -0.352 e.